The second kappa shape index (κ2) is 26.0. The number of allylic oxidation sites excluding steroid dienone is 7. The van der Waals surface area contributed by atoms with E-state index in [4.69, 9.17) is 0 Å². The maximum atomic E-state index is 3.65. The molecule has 0 saturated carbocycles. The van der Waals surface area contributed by atoms with E-state index < -0.39 is 0 Å². The zero-order chi connectivity index (χ0) is 20.4. The molecule has 0 aromatic carbocycles. The van der Waals surface area contributed by atoms with Crippen LogP contribution in [0.5, 0.6) is 0 Å². The third-order valence-electron chi connectivity index (χ3n) is 5.44. The fourth-order valence-corrected chi connectivity index (χ4v) is 3.61. The molecule has 0 aromatic heterocycles. The van der Waals surface area contributed by atoms with Crippen molar-refractivity contribution in [2.24, 2.45) is 0 Å². The highest BCUT2D eigenvalue weighted by Gasteiger charge is 1.94. The van der Waals surface area contributed by atoms with Crippen LogP contribution in [0.2, 0.25) is 0 Å². The molecule has 0 heterocycles. The second-order valence-electron chi connectivity index (χ2n) is 8.23. The average Bonchev–Trinajstić information content (AvgIpc) is 2.71. The number of unbranched alkanes of at least 4 members (excludes halogenated alkanes) is 18. The predicted molar refractivity (Wildman–Crippen MR) is 131 cm³/mol. The van der Waals surface area contributed by atoms with E-state index in [1.54, 1.807) is 6.08 Å². The van der Waals surface area contributed by atoms with Gasteiger partial charge in [0.25, 0.3) is 0 Å². The molecule has 0 aliphatic rings. The molecular weight excluding hydrogens is 336 g/mol. The van der Waals surface area contributed by atoms with Crippen LogP contribution >= 0.6 is 0 Å². The van der Waals surface area contributed by atoms with Crippen molar-refractivity contribution >= 4 is 0 Å². The Labute approximate surface area is 178 Å². The van der Waals surface area contributed by atoms with Crippen molar-refractivity contribution in [1.29, 1.82) is 0 Å². The van der Waals surface area contributed by atoms with Gasteiger partial charge in [0.15, 0.2) is 0 Å². The summed E-state index contributed by atoms with van der Waals surface area (Å²) in [6.45, 7) is 5.95. The second-order valence-corrected chi connectivity index (χ2v) is 8.23. The molecule has 0 fully saturated rings. The van der Waals surface area contributed by atoms with Crippen molar-refractivity contribution in [2.45, 2.75) is 129 Å². The quantitative estimate of drug-likeness (QED) is 0.128. The molecular formula is C28H50. The van der Waals surface area contributed by atoms with Crippen LogP contribution in [0.3, 0.4) is 0 Å². The van der Waals surface area contributed by atoms with E-state index in [1.807, 2.05) is 18.2 Å². The van der Waals surface area contributed by atoms with E-state index in [9.17, 15) is 0 Å². The third kappa shape index (κ3) is 25.0. The van der Waals surface area contributed by atoms with Crippen LogP contribution in [0.15, 0.2) is 49.1 Å². The van der Waals surface area contributed by atoms with Gasteiger partial charge in [-0.15, -0.1) is 0 Å². The minimum absolute atomic E-state index is 1.22. The SMILES string of the molecule is C=C/C=C/C=C/C=C/CCCCCCCCCCCCCCCCCCCC. The van der Waals surface area contributed by atoms with E-state index in [0.717, 1.165) is 0 Å². The summed E-state index contributed by atoms with van der Waals surface area (Å²) in [5.74, 6) is 0. The predicted octanol–water partition coefficient (Wildman–Crippen LogP) is 10.3. The van der Waals surface area contributed by atoms with Crippen LogP contribution in [0.25, 0.3) is 0 Å². The van der Waals surface area contributed by atoms with Gasteiger partial charge in [-0.25, -0.2) is 0 Å². The first-order valence-electron chi connectivity index (χ1n) is 12.5. The van der Waals surface area contributed by atoms with Crippen LogP contribution in [0, 0.1) is 0 Å². The summed E-state index contributed by atoms with van der Waals surface area (Å²) in [7, 11) is 0. The number of hydrogen-bond acceptors (Lipinski definition) is 0. The highest BCUT2D eigenvalue weighted by atomic mass is 14.0. The van der Waals surface area contributed by atoms with Crippen molar-refractivity contribution in [3.63, 3.8) is 0 Å². The van der Waals surface area contributed by atoms with Crippen LogP contribution in [0.4, 0.5) is 0 Å². The highest BCUT2D eigenvalue weighted by molar-refractivity contribution is 5.14. The standard InChI is InChI=1S/C28H50/c1-3-5-7-9-11-13-15-17-19-21-23-25-27-28-26-24-22-20-18-16-14-12-10-8-6-4-2/h3,5,7,9,11,13,15H,1,4,6,8,10,12,14,16-28H2,2H3/b7-5+,11-9+,15-13+. The Kier molecular flexibility index (Phi) is 25.0. The molecule has 0 unspecified atom stereocenters. The van der Waals surface area contributed by atoms with Crippen LogP contribution in [-0.2, 0) is 0 Å². The molecule has 0 nitrogen and oxygen atoms in total. The van der Waals surface area contributed by atoms with E-state index in [2.05, 4.69) is 31.7 Å². The lowest BCUT2D eigenvalue weighted by atomic mass is 10.0. The van der Waals surface area contributed by atoms with Gasteiger partial charge in [0.05, 0.1) is 0 Å². The molecule has 0 N–H and O–H groups in total. The zero-order valence-corrected chi connectivity index (χ0v) is 19.2. The Morgan fingerprint density at radius 2 is 0.786 bits per heavy atom. The van der Waals surface area contributed by atoms with Gasteiger partial charge in [-0.1, -0.05) is 165 Å². The Balaban J connectivity index is 3.10. The molecule has 0 amide bonds. The molecule has 0 radical (unpaired) electrons. The largest absolute Gasteiger partial charge is 0.0991 e. The first kappa shape index (κ1) is 27.0. The van der Waals surface area contributed by atoms with E-state index in [-0.39, 0.29) is 0 Å². The Morgan fingerprint density at radius 3 is 1.21 bits per heavy atom. The van der Waals surface area contributed by atoms with Gasteiger partial charge < -0.3 is 0 Å². The van der Waals surface area contributed by atoms with Crippen molar-refractivity contribution in [2.75, 3.05) is 0 Å². The maximum absolute atomic E-state index is 3.65. The summed E-state index contributed by atoms with van der Waals surface area (Å²) in [6, 6.07) is 0. The Hall–Kier alpha value is -1.04. The van der Waals surface area contributed by atoms with Gasteiger partial charge in [0.2, 0.25) is 0 Å². The van der Waals surface area contributed by atoms with Gasteiger partial charge in [0.1, 0.15) is 0 Å². The molecule has 0 aliphatic heterocycles. The minimum Gasteiger partial charge on any atom is -0.0991 e. The van der Waals surface area contributed by atoms with Gasteiger partial charge in [-0.3, -0.25) is 0 Å². The monoisotopic (exact) mass is 386 g/mol. The van der Waals surface area contributed by atoms with Crippen LogP contribution < -0.4 is 0 Å². The molecule has 0 aromatic rings. The molecule has 0 atom stereocenters. The van der Waals surface area contributed by atoms with Crippen molar-refractivity contribution in [3.05, 3.63) is 49.1 Å². The lowest BCUT2D eigenvalue weighted by molar-refractivity contribution is 0.525. The summed E-state index contributed by atoms with van der Waals surface area (Å²) >= 11 is 0. The van der Waals surface area contributed by atoms with Crippen LogP contribution in [-0.4, -0.2) is 0 Å². The lowest BCUT2D eigenvalue weighted by Gasteiger charge is -2.03. The fourth-order valence-electron chi connectivity index (χ4n) is 3.61. The van der Waals surface area contributed by atoms with Gasteiger partial charge >= 0.3 is 0 Å². The molecule has 162 valence electrons. The van der Waals surface area contributed by atoms with E-state index in [1.165, 1.54) is 122 Å². The first-order chi connectivity index (χ1) is 13.9. The Morgan fingerprint density at radius 1 is 0.429 bits per heavy atom. The van der Waals surface area contributed by atoms with Crippen molar-refractivity contribution in [3.8, 4) is 0 Å². The number of hydrogen-bond donors (Lipinski definition) is 0. The fraction of sp³-hybridized carbons (Fsp3) is 0.714. The molecule has 28 heavy (non-hydrogen) atoms. The van der Waals surface area contributed by atoms with Crippen molar-refractivity contribution in [1.82, 2.24) is 0 Å². The molecule has 0 aliphatic carbocycles. The normalized spacial score (nSPS) is 12.0. The van der Waals surface area contributed by atoms with E-state index in [0.29, 0.717) is 0 Å². The first-order valence-corrected chi connectivity index (χ1v) is 12.5. The smallest absolute Gasteiger partial charge is 0.0348 e. The topological polar surface area (TPSA) is 0 Å². The van der Waals surface area contributed by atoms with Gasteiger partial charge in [-0.2, -0.15) is 0 Å². The minimum atomic E-state index is 1.22. The average molecular weight is 387 g/mol. The summed E-state index contributed by atoms with van der Waals surface area (Å²) in [5, 5.41) is 0. The van der Waals surface area contributed by atoms with Crippen molar-refractivity contribution < 1.29 is 0 Å². The van der Waals surface area contributed by atoms with Crippen LogP contribution in [0.1, 0.15) is 129 Å². The summed E-state index contributed by atoms with van der Waals surface area (Å²) in [5.41, 5.74) is 0. The summed E-state index contributed by atoms with van der Waals surface area (Å²) in [4.78, 5) is 0. The molecule has 0 spiro atoms. The van der Waals surface area contributed by atoms with Gasteiger partial charge in [-0.05, 0) is 12.8 Å². The molecule has 0 bridgehead atoms. The molecule has 0 saturated heterocycles. The zero-order valence-electron chi connectivity index (χ0n) is 19.2. The van der Waals surface area contributed by atoms with Gasteiger partial charge in [0, 0.05) is 0 Å². The summed E-state index contributed by atoms with van der Waals surface area (Å²) < 4.78 is 0. The highest BCUT2D eigenvalue weighted by Crippen LogP contribution is 2.14. The van der Waals surface area contributed by atoms with E-state index >= 15 is 0 Å². The maximum Gasteiger partial charge on any atom is -0.0348 e. The lowest BCUT2D eigenvalue weighted by Crippen LogP contribution is -1.84. The third-order valence-corrected chi connectivity index (χ3v) is 5.44. The molecule has 0 rings (SSSR count). The molecule has 0 heteroatoms. The summed E-state index contributed by atoms with van der Waals surface area (Å²) in [6.07, 6.45) is 41.6. The number of rotatable bonds is 22. The Bertz CT molecular complexity index is 371.